The minimum Gasteiger partial charge on any atom is -0.493 e. The minimum atomic E-state index is -0.648. The van der Waals surface area contributed by atoms with E-state index in [4.69, 9.17) is 18.9 Å². The summed E-state index contributed by atoms with van der Waals surface area (Å²) in [6.45, 7) is -0.746. The smallest absolute Gasteiger partial charge is 0.344 e. The highest BCUT2D eigenvalue weighted by Gasteiger charge is 2.12. The Labute approximate surface area is 180 Å². The summed E-state index contributed by atoms with van der Waals surface area (Å²) in [6, 6.07) is 22.0. The van der Waals surface area contributed by atoms with Gasteiger partial charge in [0.2, 0.25) is 0 Å². The molecule has 0 aliphatic rings. The number of benzene rings is 3. The third-order valence-electron chi connectivity index (χ3n) is 4.35. The molecule has 31 heavy (non-hydrogen) atoms. The second-order valence-electron chi connectivity index (χ2n) is 6.43. The summed E-state index contributed by atoms with van der Waals surface area (Å²) in [5, 5.41) is 2.64. The number of para-hydroxylation sites is 1. The van der Waals surface area contributed by atoms with Crippen molar-refractivity contribution in [3.05, 3.63) is 72.8 Å². The average molecular weight is 421 g/mol. The van der Waals surface area contributed by atoms with E-state index in [1.165, 1.54) is 14.2 Å². The monoisotopic (exact) mass is 421 g/mol. The van der Waals surface area contributed by atoms with Crippen molar-refractivity contribution in [3.8, 4) is 28.4 Å². The molecule has 0 heterocycles. The Kier molecular flexibility index (Phi) is 7.48. The fourth-order valence-electron chi connectivity index (χ4n) is 2.88. The van der Waals surface area contributed by atoms with Gasteiger partial charge in [-0.2, -0.15) is 0 Å². The van der Waals surface area contributed by atoms with Gasteiger partial charge in [0.1, 0.15) is 5.75 Å². The third kappa shape index (κ3) is 5.99. The number of carbonyl (C=O) groups is 2. The van der Waals surface area contributed by atoms with E-state index in [1.807, 2.05) is 48.5 Å². The van der Waals surface area contributed by atoms with Gasteiger partial charge in [-0.1, -0.05) is 48.5 Å². The van der Waals surface area contributed by atoms with Crippen molar-refractivity contribution in [2.75, 3.05) is 32.8 Å². The van der Waals surface area contributed by atoms with Crippen molar-refractivity contribution in [1.29, 1.82) is 0 Å². The Bertz CT molecular complexity index is 1040. The molecular formula is C24H23NO6. The standard InChI is InChI=1S/C24H23NO6/c1-28-21-13-12-18(14-22(21)29-2)25-23(26)15-31-24(27)16-30-20-11-7-6-10-19(20)17-8-4-3-5-9-17/h3-14H,15-16H2,1-2H3,(H,25,26). The normalized spacial score (nSPS) is 10.1. The lowest BCUT2D eigenvalue weighted by atomic mass is 10.1. The van der Waals surface area contributed by atoms with Gasteiger partial charge >= 0.3 is 5.97 Å². The maximum absolute atomic E-state index is 12.1. The van der Waals surface area contributed by atoms with E-state index < -0.39 is 18.5 Å². The summed E-state index contributed by atoms with van der Waals surface area (Å²) in [6.07, 6.45) is 0. The van der Waals surface area contributed by atoms with E-state index in [1.54, 1.807) is 24.3 Å². The molecule has 0 saturated heterocycles. The van der Waals surface area contributed by atoms with Gasteiger partial charge in [-0.3, -0.25) is 4.79 Å². The first-order valence-corrected chi connectivity index (χ1v) is 9.55. The number of hydrogen-bond donors (Lipinski definition) is 1. The van der Waals surface area contributed by atoms with E-state index in [2.05, 4.69) is 5.32 Å². The number of rotatable bonds is 9. The van der Waals surface area contributed by atoms with Crippen molar-refractivity contribution in [2.45, 2.75) is 0 Å². The van der Waals surface area contributed by atoms with Crippen LogP contribution in [0.15, 0.2) is 72.8 Å². The Morgan fingerprint density at radius 2 is 1.48 bits per heavy atom. The molecule has 7 nitrogen and oxygen atoms in total. The van der Waals surface area contributed by atoms with Crippen LogP contribution in [0, 0.1) is 0 Å². The van der Waals surface area contributed by atoms with Gasteiger partial charge in [-0.15, -0.1) is 0 Å². The Hall–Kier alpha value is -4.00. The summed E-state index contributed by atoms with van der Waals surface area (Å²) in [7, 11) is 3.02. The van der Waals surface area contributed by atoms with Gasteiger partial charge in [0.25, 0.3) is 5.91 Å². The first-order chi connectivity index (χ1) is 15.1. The number of nitrogens with one attached hydrogen (secondary N) is 1. The van der Waals surface area contributed by atoms with Gasteiger partial charge in [-0.25, -0.2) is 4.79 Å². The molecule has 1 N–H and O–H groups in total. The van der Waals surface area contributed by atoms with E-state index >= 15 is 0 Å². The summed E-state index contributed by atoms with van der Waals surface area (Å²) in [4.78, 5) is 24.1. The lowest BCUT2D eigenvalue weighted by Crippen LogP contribution is -2.23. The molecule has 7 heteroatoms. The zero-order valence-electron chi connectivity index (χ0n) is 17.3. The van der Waals surface area contributed by atoms with Crippen molar-refractivity contribution < 1.29 is 28.5 Å². The molecule has 0 unspecified atom stereocenters. The highest BCUT2D eigenvalue weighted by atomic mass is 16.6. The molecule has 1 amide bonds. The van der Waals surface area contributed by atoms with Gasteiger partial charge < -0.3 is 24.3 Å². The third-order valence-corrected chi connectivity index (χ3v) is 4.35. The summed E-state index contributed by atoms with van der Waals surface area (Å²) >= 11 is 0. The van der Waals surface area contributed by atoms with E-state index in [9.17, 15) is 9.59 Å². The first kappa shape index (κ1) is 21.7. The molecule has 3 aromatic rings. The predicted molar refractivity (Wildman–Crippen MR) is 117 cm³/mol. The fraction of sp³-hybridized carbons (Fsp3) is 0.167. The molecule has 0 spiro atoms. The van der Waals surface area contributed by atoms with Gasteiger partial charge in [0, 0.05) is 17.3 Å². The van der Waals surface area contributed by atoms with E-state index in [0.29, 0.717) is 22.9 Å². The largest absolute Gasteiger partial charge is 0.493 e. The highest BCUT2D eigenvalue weighted by Crippen LogP contribution is 2.30. The van der Waals surface area contributed by atoms with Crippen molar-refractivity contribution in [3.63, 3.8) is 0 Å². The van der Waals surface area contributed by atoms with Crippen LogP contribution >= 0.6 is 0 Å². The van der Waals surface area contributed by atoms with Crippen molar-refractivity contribution in [2.24, 2.45) is 0 Å². The topological polar surface area (TPSA) is 83.1 Å². The Balaban J connectivity index is 1.51. The Morgan fingerprint density at radius 3 is 2.23 bits per heavy atom. The molecule has 0 fully saturated rings. The molecule has 160 valence electrons. The molecule has 0 aliphatic carbocycles. The lowest BCUT2D eigenvalue weighted by molar-refractivity contribution is -0.149. The second kappa shape index (κ2) is 10.7. The minimum absolute atomic E-state index is 0.312. The van der Waals surface area contributed by atoms with Crippen LogP contribution in [0.2, 0.25) is 0 Å². The number of esters is 1. The van der Waals surface area contributed by atoms with Gasteiger partial charge in [0.05, 0.1) is 14.2 Å². The van der Waals surface area contributed by atoms with Crippen molar-refractivity contribution in [1.82, 2.24) is 0 Å². The number of ether oxygens (including phenoxy) is 4. The zero-order chi connectivity index (χ0) is 22.1. The SMILES string of the molecule is COc1ccc(NC(=O)COC(=O)COc2ccccc2-c2ccccc2)cc1OC. The van der Waals surface area contributed by atoms with Crippen LogP contribution in [-0.2, 0) is 14.3 Å². The molecule has 0 aliphatic heterocycles. The van der Waals surface area contributed by atoms with Crippen LogP contribution in [0.25, 0.3) is 11.1 Å². The summed E-state index contributed by atoms with van der Waals surface area (Å²) in [5.41, 5.74) is 2.33. The van der Waals surface area contributed by atoms with Crippen molar-refractivity contribution >= 4 is 17.6 Å². The molecule has 3 rings (SSSR count). The van der Waals surface area contributed by atoms with Gasteiger partial charge in [0.15, 0.2) is 24.7 Å². The second-order valence-corrected chi connectivity index (χ2v) is 6.43. The lowest BCUT2D eigenvalue weighted by Gasteiger charge is -2.12. The Morgan fingerprint density at radius 1 is 0.774 bits per heavy atom. The number of carbonyl (C=O) groups excluding carboxylic acids is 2. The fourth-order valence-corrected chi connectivity index (χ4v) is 2.88. The average Bonchev–Trinajstić information content (AvgIpc) is 2.82. The molecule has 0 atom stereocenters. The summed E-state index contributed by atoms with van der Waals surface area (Å²) < 4.78 is 21.0. The molecular weight excluding hydrogens is 398 g/mol. The molecule has 0 aromatic heterocycles. The van der Waals surface area contributed by atoms with Gasteiger partial charge in [-0.05, 0) is 23.8 Å². The number of methoxy groups -OCH3 is 2. The van der Waals surface area contributed by atoms with E-state index in [-0.39, 0.29) is 6.61 Å². The number of hydrogen-bond acceptors (Lipinski definition) is 6. The number of anilines is 1. The van der Waals surface area contributed by atoms with Crippen LogP contribution in [0.4, 0.5) is 5.69 Å². The zero-order valence-corrected chi connectivity index (χ0v) is 17.3. The van der Waals surface area contributed by atoms with Crippen LogP contribution in [0.1, 0.15) is 0 Å². The molecule has 3 aromatic carbocycles. The van der Waals surface area contributed by atoms with Crippen LogP contribution < -0.4 is 19.5 Å². The first-order valence-electron chi connectivity index (χ1n) is 9.55. The maximum atomic E-state index is 12.1. The molecule has 0 saturated carbocycles. The van der Waals surface area contributed by atoms with Crippen LogP contribution in [0.5, 0.6) is 17.2 Å². The molecule has 0 bridgehead atoms. The van der Waals surface area contributed by atoms with E-state index in [0.717, 1.165) is 11.1 Å². The highest BCUT2D eigenvalue weighted by molar-refractivity contribution is 5.93. The van der Waals surface area contributed by atoms with Crippen LogP contribution in [-0.4, -0.2) is 39.3 Å². The maximum Gasteiger partial charge on any atom is 0.344 e. The van der Waals surface area contributed by atoms with Crippen LogP contribution in [0.3, 0.4) is 0 Å². The quantitative estimate of drug-likeness (QED) is 0.527. The number of amides is 1. The predicted octanol–water partition coefficient (Wildman–Crippen LogP) is 3.93. The summed E-state index contributed by atoms with van der Waals surface area (Å²) in [5.74, 6) is 0.443. The molecule has 0 radical (unpaired) electrons.